The maximum Gasteiger partial charge on any atom is 0.225 e. The summed E-state index contributed by atoms with van der Waals surface area (Å²) in [4.78, 5) is 3.01. The van der Waals surface area contributed by atoms with Crippen molar-refractivity contribution in [3.05, 3.63) is 35.5 Å². The van der Waals surface area contributed by atoms with Gasteiger partial charge in [-0.25, -0.2) is 4.21 Å². The number of benzene rings is 1. The number of nitrogens with one attached hydrogen (secondary N) is 2. The fourth-order valence-corrected chi connectivity index (χ4v) is 3.18. The van der Waals surface area contributed by atoms with E-state index < -0.39 is 11.0 Å². The third kappa shape index (κ3) is 2.09. The third-order valence-electron chi connectivity index (χ3n) is 2.54. The number of nitrogens with zero attached hydrogens (tertiary/aromatic N) is 3. The molecule has 0 amide bonds. The first kappa shape index (κ1) is 11.8. The highest BCUT2D eigenvalue weighted by Crippen LogP contribution is 2.26. The predicted octanol–water partition coefficient (Wildman–Crippen LogP) is 2.03. The van der Waals surface area contributed by atoms with Crippen LogP contribution in [0.15, 0.2) is 34.2 Å². The van der Waals surface area contributed by atoms with Crippen molar-refractivity contribution in [1.29, 1.82) is 5.26 Å². The molecule has 2 N–H and O–H groups in total. The molecule has 0 fully saturated rings. The molecular formula is C11H7N5OS2. The van der Waals surface area contributed by atoms with Gasteiger partial charge in [0.1, 0.15) is 11.6 Å². The van der Waals surface area contributed by atoms with E-state index in [-0.39, 0.29) is 0 Å². The zero-order valence-corrected chi connectivity index (χ0v) is 11.1. The Balaban J connectivity index is 2.00. The van der Waals surface area contributed by atoms with Gasteiger partial charge < -0.3 is 4.98 Å². The predicted molar refractivity (Wildman–Crippen MR) is 73.0 cm³/mol. The molecule has 6 nitrogen and oxygen atoms in total. The summed E-state index contributed by atoms with van der Waals surface area (Å²) in [5.74, 6) is 0. The zero-order chi connectivity index (χ0) is 13.2. The maximum atomic E-state index is 12.0. The van der Waals surface area contributed by atoms with E-state index in [4.69, 9.17) is 5.26 Å². The smallest absolute Gasteiger partial charge is 0.225 e. The molecule has 8 heteroatoms. The van der Waals surface area contributed by atoms with Crippen molar-refractivity contribution in [2.45, 2.75) is 4.34 Å². The molecule has 2 aromatic heterocycles. The first-order valence-electron chi connectivity index (χ1n) is 5.24. The van der Waals surface area contributed by atoms with Gasteiger partial charge >= 0.3 is 0 Å². The Morgan fingerprint density at radius 2 is 2.37 bits per heavy atom. The van der Waals surface area contributed by atoms with Crippen LogP contribution in [0.3, 0.4) is 0 Å². The monoisotopic (exact) mass is 289 g/mol. The van der Waals surface area contributed by atoms with Gasteiger partial charge in [0.25, 0.3) is 0 Å². The molecule has 1 aromatic carbocycles. The normalized spacial score (nSPS) is 12.2. The van der Waals surface area contributed by atoms with Crippen molar-refractivity contribution in [3.8, 4) is 6.07 Å². The number of hydrogen-bond donors (Lipinski definition) is 2. The van der Waals surface area contributed by atoms with Crippen LogP contribution in [0, 0.1) is 11.3 Å². The van der Waals surface area contributed by atoms with E-state index in [1.165, 1.54) is 16.8 Å². The number of aromatic amines is 1. The maximum absolute atomic E-state index is 12.0. The summed E-state index contributed by atoms with van der Waals surface area (Å²) >= 11 is 1.22. The molecule has 19 heavy (non-hydrogen) atoms. The number of H-pyrrole nitrogens is 1. The van der Waals surface area contributed by atoms with Crippen LogP contribution < -0.4 is 4.72 Å². The molecule has 0 bridgehead atoms. The lowest BCUT2D eigenvalue weighted by atomic mass is 10.2. The van der Waals surface area contributed by atoms with Crippen molar-refractivity contribution in [1.82, 2.24) is 15.2 Å². The van der Waals surface area contributed by atoms with Gasteiger partial charge in [-0.05, 0) is 6.07 Å². The van der Waals surface area contributed by atoms with Crippen LogP contribution in [0.2, 0.25) is 0 Å². The minimum atomic E-state index is -1.46. The van der Waals surface area contributed by atoms with E-state index in [1.54, 1.807) is 18.3 Å². The summed E-state index contributed by atoms with van der Waals surface area (Å²) in [6, 6.07) is 7.53. The highest BCUT2D eigenvalue weighted by atomic mass is 32.2. The van der Waals surface area contributed by atoms with Gasteiger partial charge in [-0.15, -0.1) is 10.2 Å². The van der Waals surface area contributed by atoms with Crippen molar-refractivity contribution >= 4 is 38.9 Å². The van der Waals surface area contributed by atoms with Crippen LogP contribution in [-0.2, 0) is 11.0 Å². The van der Waals surface area contributed by atoms with Gasteiger partial charge in [0.15, 0.2) is 11.0 Å². The minimum Gasteiger partial charge on any atom is -0.358 e. The molecular weight excluding hydrogens is 282 g/mol. The second kappa shape index (κ2) is 4.79. The summed E-state index contributed by atoms with van der Waals surface area (Å²) in [6.07, 6.45) is 1.63. The molecule has 0 saturated carbocycles. The number of anilines is 1. The van der Waals surface area contributed by atoms with E-state index in [0.29, 0.717) is 15.6 Å². The fourth-order valence-electron chi connectivity index (χ4n) is 1.72. The first-order chi connectivity index (χ1) is 9.29. The van der Waals surface area contributed by atoms with Crippen LogP contribution in [0.1, 0.15) is 5.56 Å². The minimum absolute atomic E-state index is 0.407. The van der Waals surface area contributed by atoms with Gasteiger partial charge in [0.05, 0.1) is 16.8 Å². The molecule has 94 valence electrons. The number of aromatic nitrogens is 3. The highest BCUT2D eigenvalue weighted by Gasteiger charge is 2.11. The second-order valence-corrected chi connectivity index (χ2v) is 5.84. The molecule has 0 aliphatic heterocycles. The average Bonchev–Trinajstić information content (AvgIpc) is 3.08. The van der Waals surface area contributed by atoms with Crippen LogP contribution in [0.4, 0.5) is 5.69 Å². The third-order valence-corrected chi connectivity index (χ3v) is 4.57. The second-order valence-electron chi connectivity index (χ2n) is 3.62. The van der Waals surface area contributed by atoms with Gasteiger partial charge in [0.2, 0.25) is 4.34 Å². The Kier molecular flexibility index (Phi) is 2.98. The number of rotatable bonds is 3. The molecule has 0 aliphatic rings. The zero-order valence-electron chi connectivity index (χ0n) is 9.45. The Morgan fingerprint density at radius 3 is 3.11 bits per heavy atom. The summed E-state index contributed by atoms with van der Waals surface area (Å²) < 4.78 is 15.3. The van der Waals surface area contributed by atoms with Crippen LogP contribution >= 0.6 is 11.3 Å². The lowest BCUT2D eigenvalue weighted by Crippen LogP contribution is -2.04. The highest BCUT2D eigenvalue weighted by molar-refractivity contribution is 7.88. The Hall–Kier alpha value is -2.24. The van der Waals surface area contributed by atoms with Gasteiger partial charge in [0, 0.05) is 11.6 Å². The molecule has 3 aromatic rings. The molecule has 0 aliphatic carbocycles. The largest absolute Gasteiger partial charge is 0.358 e. The lowest BCUT2D eigenvalue weighted by molar-refractivity contribution is 0.684. The Morgan fingerprint density at radius 1 is 1.47 bits per heavy atom. The van der Waals surface area contributed by atoms with Gasteiger partial charge in [-0.1, -0.05) is 23.5 Å². The Labute approximate surface area is 114 Å². The molecule has 2 heterocycles. The summed E-state index contributed by atoms with van der Waals surface area (Å²) in [5.41, 5.74) is 3.49. The average molecular weight is 289 g/mol. The van der Waals surface area contributed by atoms with E-state index in [0.717, 1.165) is 10.9 Å². The summed E-state index contributed by atoms with van der Waals surface area (Å²) in [7, 11) is -1.46. The Bertz CT molecular complexity index is 787. The van der Waals surface area contributed by atoms with E-state index in [1.807, 2.05) is 6.07 Å². The number of para-hydroxylation sites is 1. The molecule has 3 rings (SSSR count). The number of hydrogen-bond acceptors (Lipinski definition) is 5. The van der Waals surface area contributed by atoms with Gasteiger partial charge in [-0.3, -0.25) is 4.72 Å². The quantitative estimate of drug-likeness (QED) is 0.771. The van der Waals surface area contributed by atoms with E-state index >= 15 is 0 Å². The van der Waals surface area contributed by atoms with E-state index in [2.05, 4.69) is 26.0 Å². The first-order valence-corrected chi connectivity index (χ1v) is 7.27. The van der Waals surface area contributed by atoms with Crippen molar-refractivity contribution in [3.63, 3.8) is 0 Å². The van der Waals surface area contributed by atoms with Crippen LogP contribution in [-0.4, -0.2) is 19.4 Å². The summed E-state index contributed by atoms with van der Waals surface area (Å²) in [5, 5.41) is 17.2. The fraction of sp³-hybridized carbons (Fsp3) is 0. The van der Waals surface area contributed by atoms with Crippen molar-refractivity contribution < 1.29 is 4.21 Å². The van der Waals surface area contributed by atoms with Crippen LogP contribution in [0.25, 0.3) is 10.9 Å². The van der Waals surface area contributed by atoms with Crippen LogP contribution in [0.5, 0.6) is 0 Å². The topological polar surface area (TPSA) is 94.5 Å². The number of nitriles is 1. The molecule has 1 unspecified atom stereocenters. The van der Waals surface area contributed by atoms with E-state index in [9.17, 15) is 4.21 Å². The van der Waals surface area contributed by atoms with Crippen molar-refractivity contribution in [2.75, 3.05) is 4.72 Å². The lowest BCUT2D eigenvalue weighted by Gasteiger charge is -2.04. The SMILES string of the molecule is N#Cc1c[nH]c2c(NS(=O)c3nncs3)cccc12. The van der Waals surface area contributed by atoms with Crippen molar-refractivity contribution in [2.24, 2.45) is 0 Å². The molecule has 0 radical (unpaired) electrons. The standard InChI is InChI=1S/C11H7N5OS2/c12-4-7-5-13-10-8(7)2-1-3-9(10)16-19(17)11-15-14-6-18-11/h1-3,5-6,13,16H. The molecule has 0 saturated heterocycles. The molecule has 0 spiro atoms. The molecule has 1 atom stereocenters. The summed E-state index contributed by atoms with van der Waals surface area (Å²) in [6.45, 7) is 0. The van der Waals surface area contributed by atoms with Gasteiger partial charge in [-0.2, -0.15) is 5.26 Å². The number of fused-ring (bicyclic) bond motifs is 1.